The van der Waals surface area contributed by atoms with Crippen molar-refractivity contribution in [3.8, 4) is 5.75 Å². The van der Waals surface area contributed by atoms with E-state index in [1.807, 2.05) is 19.1 Å². The molecule has 0 N–H and O–H groups in total. The number of nitrogens with zero attached hydrogens (tertiary/aromatic N) is 2. The zero-order chi connectivity index (χ0) is 16.6. The molecule has 126 valence electrons. The third-order valence-corrected chi connectivity index (χ3v) is 4.69. The highest BCUT2D eigenvalue weighted by molar-refractivity contribution is 5.93. The lowest BCUT2D eigenvalue weighted by molar-refractivity contribution is -0.174. The van der Waals surface area contributed by atoms with Crippen molar-refractivity contribution in [3.05, 3.63) is 48.2 Å². The van der Waals surface area contributed by atoms with Crippen molar-refractivity contribution >= 4 is 5.91 Å². The summed E-state index contributed by atoms with van der Waals surface area (Å²) in [6, 6.07) is 5.57. The first kappa shape index (κ1) is 15.2. The van der Waals surface area contributed by atoms with Gasteiger partial charge in [-0.1, -0.05) is 0 Å². The fraction of sp³-hybridized carbons (Fsp3) is 0.444. The van der Waals surface area contributed by atoms with E-state index in [1.165, 1.54) is 0 Å². The summed E-state index contributed by atoms with van der Waals surface area (Å²) in [5.74, 6) is 1.13. The van der Waals surface area contributed by atoms with Crippen molar-refractivity contribution in [2.24, 2.45) is 0 Å². The number of carbonyl (C=O) groups excluding carboxylic acids is 1. The lowest BCUT2D eigenvalue weighted by Crippen LogP contribution is -2.67. The van der Waals surface area contributed by atoms with Gasteiger partial charge in [-0.25, -0.2) is 0 Å². The highest BCUT2D eigenvalue weighted by Crippen LogP contribution is 2.36. The molecule has 0 unspecified atom stereocenters. The van der Waals surface area contributed by atoms with Gasteiger partial charge < -0.3 is 18.8 Å². The molecule has 24 heavy (non-hydrogen) atoms. The number of furan rings is 1. The van der Waals surface area contributed by atoms with Crippen molar-refractivity contribution in [2.75, 3.05) is 19.7 Å². The van der Waals surface area contributed by atoms with E-state index < -0.39 is 0 Å². The average molecular weight is 328 g/mol. The SMILES string of the molecule is Cc1ccoc1C(=O)N1CC2(C[C@@H](Oc3cccnc3)CCO2)C1. The predicted molar refractivity (Wildman–Crippen MR) is 85.9 cm³/mol. The predicted octanol–water partition coefficient (Wildman–Crippen LogP) is 2.44. The van der Waals surface area contributed by atoms with Gasteiger partial charge in [0.25, 0.3) is 5.91 Å². The largest absolute Gasteiger partial charge is 0.489 e. The molecule has 1 amide bonds. The second-order valence-corrected chi connectivity index (χ2v) is 6.55. The Bertz CT molecular complexity index is 722. The molecule has 0 radical (unpaired) electrons. The molecule has 2 saturated heterocycles. The maximum atomic E-state index is 12.4. The number of ether oxygens (including phenoxy) is 2. The van der Waals surface area contributed by atoms with Crippen molar-refractivity contribution in [2.45, 2.75) is 31.5 Å². The van der Waals surface area contributed by atoms with Crippen LogP contribution in [0.25, 0.3) is 0 Å². The van der Waals surface area contributed by atoms with Crippen LogP contribution in [0, 0.1) is 6.92 Å². The molecule has 2 aliphatic heterocycles. The van der Waals surface area contributed by atoms with Crippen LogP contribution >= 0.6 is 0 Å². The van der Waals surface area contributed by atoms with E-state index >= 15 is 0 Å². The van der Waals surface area contributed by atoms with Crippen molar-refractivity contribution in [1.29, 1.82) is 0 Å². The fourth-order valence-electron chi connectivity index (χ4n) is 3.44. The molecule has 0 aromatic carbocycles. The van der Waals surface area contributed by atoms with Gasteiger partial charge in [0.2, 0.25) is 0 Å². The number of aromatic nitrogens is 1. The van der Waals surface area contributed by atoms with Crippen LogP contribution < -0.4 is 4.74 Å². The maximum absolute atomic E-state index is 12.4. The Balaban J connectivity index is 1.37. The zero-order valence-corrected chi connectivity index (χ0v) is 13.6. The number of rotatable bonds is 3. The first-order valence-corrected chi connectivity index (χ1v) is 8.19. The average Bonchev–Trinajstić information content (AvgIpc) is 2.99. The van der Waals surface area contributed by atoms with Gasteiger partial charge in [0, 0.05) is 24.6 Å². The van der Waals surface area contributed by atoms with E-state index in [4.69, 9.17) is 13.9 Å². The van der Waals surface area contributed by atoms with Gasteiger partial charge in [-0.3, -0.25) is 9.78 Å². The van der Waals surface area contributed by atoms with E-state index in [-0.39, 0.29) is 17.6 Å². The van der Waals surface area contributed by atoms with E-state index in [1.54, 1.807) is 29.6 Å². The Morgan fingerprint density at radius 3 is 3.00 bits per heavy atom. The molecule has 1 spiro atoms. The number of carbonyl (C=O) groups is 1. The van der Waals surface area contributed by atoms with Gasteiger partial charge in [-0.15, -0.1) is 0 Å². The van der Waals surface area contributed by atoms with E-state index in [0.29, 0.717) is 25.5 Å². The van der Waals surface area contributed by atoms with Gasteiger partial charge >= 0.3 is 0 Å². The number of aryl methyl sites for hydroxylation is 1. The topological polar surface area (TPSA) is 64.8 Å². The summed E-state index contributed by atoms with van der Waals surface area (Å²) >= 11 is 0. The number of amides is 1. The minimum Gasteiger partial charge on any atom is -0.489 e. The third-order valence-electron chi connectivity index (χ3n) is 4.69. The number of hydrogen-bond donors (Lipinski definition) is 0. The van der Waals surface area contributed by atoms with Crippen LogP contribution in [0.1, 0.15) is 29.0 Å². The van der Waals surface area contributed by atoms with Crippen LogP contribution in [0.4, 0.5) is 0 Å². The first-order chi connectivity index (χ1) is 11.7. The number of hydrogen-bond acceptors (Lipinski definition) is 5. The quantitative estimate of drug-likeness (QED) is 0.866. The van der Waals surface area contributed by atoms with Gasteiger partial charge in [-0.2, -0.15) is 0 Å². The lowest BCUT2D eigenvalue weighted by Gasteiger charge is -2.52. The fourth-order valence-corrected chi connectivity index (χ4v) is 3.44. The van der Waals surface area contributed by atoms with Crippen LogP contribution in [0.3, 0.4) is 0 Å². The molecule has 0 saturated carbocycles. The summed E-state index contributed by atoms with van der Waals surface area (Å²) in [5, 5.41) is 0. The van der Waals surface area contributed by atoms with Crippen molar-refractivity contribution in [1.82, 2.24) is 9.88 Å². The molecule has 4 heterocycles. The molecule has 2 aromatic heterocycles. The molecule has 2 aliphatic rings. The number of likely N-dealkylation sites (tertiary alicyclic amines) is 1. The summed E-state index contributed by atoms with van der Waals surface area (Å²) in [5.41, 5.74) is 0.574. The summed E-state index contributed by atoms with van der Waals surface area (Å²) in [6.45, 7) is 3.69. The molecule has 2 aromatic rings. The van der Waals surface area contributed by atoms with Crippen LogP contribution in [0.2, 0.25) is 0 Å². The summed E-state index contributed by atoms with van der Waals surface area (Å²) < 4.78 is 17.3. The van der Waals surface area contributed by atoms with Gasteiger partial charge in [0.1, 0.15) is 17.5 Å². The summed E-state index contributed by atoms with van der Waals surface area (Å²) in [6.07, 6.45) is 6.71. The molecule has 6 heteroatoms. The van der Waals surface area contributed by atoms with Gasteiger partial charge in [0.05, 0.1) is 32.2 Å². The molecule has 0 aliphatic carbocycles. The zero-order valence-electron chi connectivity index (χ0n) is 13.6. The van der Waals surface area contributed by atoms with Crippen molar-refractivity contribution in [3.63, 3.8) is 0 Å². The van der Waals surface area contributed by atoms with E-state index in [2.05, 4.69) is 4.98 Å². The minimum absolute atomic E-state index is 0.0676. The summed E-state index contributed by atoms with van der Waals surface area (Å²) in [4.78, 5) is 18.3. The monoisotopic (exact) mass is 328 g/mol. The van der Waals surface area contributed by atoms with Crippen LogP contribution in [0.5, 0.6) is 5.75 Å². The first-order valence-electron chi connectivity index (χ1n) is 8.19. The Morgan fingerprint density at radius 2 is 2.29 bits per heavy atom. The Labute approximate surface area is 140 Å². The van der Waals surface area contributed by atoms with E-state index in [9.17, 15) is 4.79 Å². The van der Waals surface area contributed by atoms with Gasteiger partial charge in [0.15, 0.2) is 5.76 Å². The second kappa shape index (κ2) is 5.94. The standard InChI is InChI=1S/C18H20N2O4/c1-13-4-7-22-16(13)17(21)20-11-18(12-20)9-14(5-8-23-18)24-15-3-2-6-19-10-15/h2-4,6-7,10,14H,5,8-9,11-12H2,1H3/t14-/m0/s1. The minimum atomic E-state index is -0.290. The molecular weight excluding hydrogens is 308 g/mol. The Morgan fingerprint density at radius 1 is 1.42 bits per heavy atom. The molecular formula is C18H20N2O4. The molecule has 4 rings (SSSR count). The van der Waals surface area contributed by atoms with Crippen LogP contribution in [0.15, 0.2) is 41.3 Å². The third kappa shape index (κ3) is 2.78. The van der Waals surface area contributed by atoms with Gasteiger partial charge in [-0.05, 0) is 25.1 Å². The van der Waals surface area contributed by atoms with E-state index in [0.717, 1.165) is 24.2 Å². The smallest absolute Gasteiger partial charge is 0.290 e. The normalized spacial score (nSPS) is 22.2. The molecule has 2 fully saturated rings. The second-order valence-electron chi connectivity index (χ2n) is 6.55. The Kier molecular flexibility index (Phi) is 3.76. The lowest BCUT2D eigenvalue weighted by atomic mass is 9.84. The number of pyridine rings is 1. The molecule has 0 bridgehead atoms. The highest BCUT2D eigenvalue weighted by atomic mass is 16.5. The molecule has 1 atom stereocenters. The summed E-state index contributed by atoms with van der Waals surface area (Å²) in [7, 11) is 0. The van der Waals surface area contributed by atoms with Crippen molar-refractivity contribution < 1.29 is 18.7 Å². The Hall–Kier alpha value is -2.34. The van der Waals surface area contributed by atoms with Crippen LogP contribution in [-0.4, -0.2) is 47.2 Å². The highest BCUT2D eigenvalue weighted by Gasteiger charge is 2.50. The maximum Gasteiger partial charge on any atom is 0.290 e. The van der Waals surface area contributed by atoms with Crippen LogP contribution in [-0.2, 0) is 4.74 Å². The molecule has 6 nitrogen and oxygen atoms in total.